The van der Waals surface area contributed by atoms with Gasteiger partial charge in [-0.3, -0.25) is 36.4 Å². The molecule has 528 valence electrons. The Morgan fingerprint density at radius 2 is 0.700 bits per heavy atom. The molecular formula is C30H51N3O49S8. The van der Waals surface area contributed by atoms with Crippen molar-refractivity contribution in [3.05, 3.63) is 0 Å². The van der Waals surface area contributed by atoms with Gasteiger partial charge in [-0.1, -0.05) is 0 Å². The van der Waals surface area contributed by atoms with Gasteiger partial charge in [0.25, 0.3) is 0 Å². The Bertz CT molecular complexity index is 3470. The number of hydrogen-bond acceptors (Lipinski definition) is 39. The Morgan fingerprint density at radius 3 is 1.14 bits per heavy atom. The average molecular weight is 1490 g/mol. The molecule has 0 amide bonds. The van der Waals surface area contributed by atoms with Crippen LogP contribution in [0.3, 0.4) is 0 Å². The summed E-state index contributed by atoms with van der Waals surface area (Å²) in [6.07, 6.45) is -64.7. The van der Waals surface area contributed by atoms with Crippen LogP contribution < -0.4 is 14.2 Å². The van der Waals surface area contributed by atoms with Crippen molar-refractivity contribution in [3.63, 3.8) is 0 Å². The van der Waals surface area contributed by atoms with Gasteiger partial charge in [-0.25, -0.2) is 30.5 Å². The molecule has 0 unspecified atom stereocenters. The van der Waals surface area contributed by atoms with Crippen molar-refractivity contribution in [1.82, 2.24) is 14.2 Å². The summed E-state index contributed by atoms with van der Waals surface area (Å²) in [4.78, 5) is 25.7. The summed E-state index contributed by atoms with van der Waals surface area (Å²) in [6, 6.07) is -8.42. The van der Waals surface area contributed by atoms with E-state index in [1.165, 1.54) is 9.44 Å². The minimum atomic E-state index is -6.36. The number of rotatable bonds is 29. The lowest BCUT2D eigenvalue weighted by atomic mass is 9.94. The third kappa shape index (κ3) is 22.4. The highest BCUT2D eigenvalue weighted by Gasteiger charge is 2.61. The van der Waals surface area contributed by atoms with Gasteiger partial charge < -0.3 is 88.6 Å². The number of aliphatic carboxylic acids is 2. The summed E-state index contributed by atoms with van der Waals surface area (Å²) in [5.41, 5.74) is 0. The Hall–Kier alpha value is -2.74. The van der Waals surface area contributed by atoms with Crippen LogP contribution in [0.2, 0.25) is 0 Å². The summed E-state index contributed by atoms with van der Waals surface area (Å²) in [7, 11) is -46.7. The smallest absolute Gasteiger partial charge is 0.397 e. The molecule has 0 aromatic rings. The molecule has 5 heterocycles. The van der Waals surface area contributed by atoms with Gasteiger partial charge in [-0.15, -0.1) is 0 Å². The van der Waals surface area contributed by atoms with Crippen LogP contribution in [0.25, 0.3) is 0 Å². The fraction of sp³-hybridized carbons (Fsp3) is 0.933. The van der Waals surface area contributed by atoms with E-state index in [1.54, 1.807) is 0 Å². The fourth-order valence-corrected chi connectivity index (χ4v) is 12.5. The molecule has 0 aromatic heterocycles. The molecule has 90 heavy (non-hydrogen) atoms. The van der Waals surface area contributed by atoms with E-state index >= 15 is 0 Å². The molecule has 5 aliphatic rings. The second-order valence-electron chi connectivity index (χ2n) is 18.5. The minimum Gasteiger partial charge on any atom is -0.479 e. The number of nitrogens with one attached hydrogen (secondary N) is 3. The Kier molecular flexibility index (Phi) is 25.4. The number of carboxylic acid groups (broad SMARTS) is 2. The fourth-order valence-electron chi connectivity index (χ4n) is 8.80. The molecule has 0 aliphatic carbocycles. The first-order chi connectivity index (χ1) is 40.6. The van der Waals surface area contributed by atoms with Gasteiger partial charge in [-0.2, -0.15) is 81.5 Å². The Morgan fingerprint density at radius 1 is 0.333 bits per heavy atom. The number of aliphatic hydroxyl groups excluding tert-OH is 7. The molecule has 25 atom stereocenters. The highest BCUT2D eigenvalue weighted by molar-refractivity contribution is 7.84. The SMILES string of the molecule is O=C(O)[C@H]1O[C@H](O[C@H]2[C@H](OS(=O)(=O)O)[C@@H](NS(=O)(=O)O)[C@@H](O[C@H]3[C@H](O)[C@@H](OS(=O)(=O)O)[C@H](O[C@H]4[C@H](O)[C@@H](NS(=O)(=O)O)[C@@H](O)O[C@@H]4COS(=O)(=O)O)O[C@H]3C(=O)O)O[C@@H]2COS(=O)(=O)O)[C@H](O)[C@@H](O)[C@@H]1O[C@H]1O[C@H](COS(=O)(=O)O)[C@@H](O)[C@H](O)[C@H]1NS(=O)(=O)O. The van der Waals surface area contributed by atoms with E-state index in [-0.39, 0.29) is 0 Å². The van der Waals surface area contributed by atoms with Crippen molar-refractivity contribution in [2.75, 3.05) is 19.8 Å². The topological polar surface area (TPSA) is 816 Å². The zero-order chi connectivity index (χ0) is 68.7. The summed E-state index contributed by atoms with van der Waals surface area (Å²) in [5.74, 6) is -4.94. The van der Waals surface area contributed by atoms with Gasteiger partial charge in [0.15, 0.2) is 49.8 Å². The van der Waals surface area contributed by atoms with E-state index in [9.17, 15) is 150 Å². The molecule has 0 spiro atoms. The van der Waals surface area contributed by atoms with Crippen LogP contribution in [0.5, 0.6) is 0 Å². The van der Waals surface area contributed by atoms with Gasteiger partial charge in [0.2, 0.25) is 0 Å². The number of aliphatic hydroxyl groups is 7. The van der Waals surface area contributed by atoms with E-state index in [0.29, 0.717) is 0 Å². The van der Waals surface area contributed by atoms with Crippen molar-refractivity contribution >= 4 is 94.8 Å². The molecule has 5 aliphatic heterocycles. The van der Waals surface area contributed by atoms with Gasteiger partial charge in [0.05, 0.1) is 19.8 Å². The van der Waals surface area contributed by atoms with Crippen molar-refractivity contribution in [2.24, 2.45) is 0 Å². The summed E-state index contributed by atoms with van der Waals surface area (Å²) in [6.45, 7) is -5.16. The monoisotopic (exact) mass is 1490 g/mol. The minimum absolute atomic E-state index is 1.09. The molecule has 0 saturated carbocycles. The third-order valence-corrected chi connectivity index (χ3v) is 16.2. The molecular weight excluding hydrogens is 1440 g/mol. The zero-order valence-corrected chi connectivity index (χ0v) is 49.5. The van der Waals surface area contributed by atoms with Crippen LogP contribution in [0.4, 0.5) is 0 Å². The normalized spacial score (nSPS) is 38.9. The third-order valence-electron chi connectivity index (χ3n) is 12.2. The zero-order valence-electron chi connectivity index (χ0n) is 43.0. The predicted molar refractivity (Wildman–Crippen MR) is 257 cm³/mol. The maximum absolute atomic E-state index is 12.9. The molecule has 0 bridgehead atoms. The van der Waals surface area contributed by atoms with Crippen LogP contribution in [0, 0.1) is 0 Å². The predicted octanol–water partition coefficient (Wildman–Crippen LogP) is -14.4. The number of hydrogen-bond donors (Lipinski definition) is 20. The van der Waals surface area contributed by atoms with Crippen molar-refractivity contribution < 1.29 is 223 Å². The maximum Gasteiger partial charge on any atom is 0.397 e. The lowest BCUT2D eigenvalue weighted by Gasteiger charge is -2.50. The Labute approximate surface area is 502 Å². The van der Waals surface area contributed by atoms with E-state index < -0.39 is 268 Å². The molecule has 5 saturated heterocycles. The highest BCUT2D eigenvalue weighted by Crippen LogP contribution is 2.38. The Balaban J connectivity index is 1.59. The first-order valence-corrected chi connectivity index (χ1v) is 34.3. The van der Waals surface area contributed by atoms with Crippen molar-refractivity contribution in [1.29, 1.82) is 0 Å². The quantitative estimate of drug-likeness (QED) is 0.0309. The maximum atomic E-state index is 12.9. The van der Waals surface area contributed by atoms with E-state index in [4.69, 9.17) is 51.7 Å². The first-order valence-electron chi connectivity index (χ1n) is 23.2. The standard InChI is InChI=1S/C30H51N3O49S8/c34-10-4(1-69-86(54,55)56)73-27(8(11(10)35)32-84(48,49)50)77-19-13(37)14(38)29(79-22(19)24(40)41)76-17-6(3-71-88(60,61)62)74-28(9(33-85(51,52)53)18(17)81-89(63,64)65)78-20-15(39)21(82-90(66,67)68)30(80-23(20)25(42)43)75-16-5(2-70-87(57,58)59)72-26(44)7(12(16)36)31-83(45,46)47/h4-23,26-39,44H,1-3H2,(H,40,41)(H,42,43)(H,45,46,47)(H,48,49,50)(H,51,52,53)(H,54,55,56)(H,57,58,59)(H,60,61,62)(H,63,64,65)(H,66,67,68)/t4-,5-,6-,7-,8-,9-,10-,11-,12-,13-,14-,15+,16-,17-,18-,19+,20+,21-,22+,23-,26+,27-,28-,29+,30-/m1/s1. The number of ether oxygens (including phenoxy) is 9. The second kappa shape index (κ2) is 29.3. The summed E-state index contributed by atoms with van der Waals surface area (Å²) in [5, 5.41) is 97.8. The molecule has 5 rings (SSSR count). The van der Waals surface area contributed by atoms with Crippen LogP contribution in [0.15, 0.2) is 0 Å². The molecule has 0 radical (unpaired) electrons. The highest BCUT2D eigenvalue weighted by atomic mass is 32.3. The lowest BCUT2D eigenvalue weighted by Crippen LogP contribution is -2.71. The van der Waals surface area contributed by atoms with Crippen LogP contribution in [0.1, 0.15) is 0 Å². The largest absolute Gasteiger partial charge is 0.479 e. The van der Waals surface area contributed by atoms with Crippen LogP contribution in [-0.2, 0) is 156 Å². The van der Waals surface area contributed by atoms with Crippen LogP contribution >= 0.6 is 0 Å². The molecule has 20 N–H and O–H groups in total. The first kappa shape index (κ1) is 78.0. The average Bonchev–Trinajstić information content (AvgIpc) is 0.774. The van der Waals surface area contributed by atoms with Crippen molar-refractivity contribution in [3.8, 4) is 0 Å². The van der Waals surface area contributed by atoms with Gasteiger partial charge >= 0.3 is 94.8 Å². The lowest BCUT2D eigenvalue weighted by molar-refractivity contribution is -0.372. The van der Waals surface area contributed by atoms with Gasteiger partial charge in [0.1, 0.15) is 104 Å². The van der Waals surface area contributed by atoms with Crippen molar-refractivity contribution in [2.45, 2.75) is 153 Å². The number of carbonyl (C=O) groups is 2. The summed E-state index contributed by atoms with van der Waals surface area (Å²) >= 11 is 0. The molecule has 52 nitrogen and oxygen atoms in total. The summed E-state index contributed by atoms with van der Waals surface area (Å²) < 4.78 is 339. The van der Waals surface area contributed by atoms with E-state index in [0.717, 1.165) is 4.72 Å². The molecule has 60 heteroatoms. The van der Waals surface area contributed by atoms with E-state index in [1.807, 2.05) is 0 Å². The molecule has 5 fully saturated rings. The molecule has 0 aromatic carbocycles. The number of carboxylic acids is 2. The van der Waals surface area contributed by atoms with Gasteiger partial charge in [-0.05, 0) is 0 Å². The second-order valence-corrected chi connectivity index (χ2v) is 27.4. The van der Waals surface area contributed by atoms with Crippen LogP contribution in [-0.4, -0.2) is 335 Å². The van der Waals surface area contributed by atoms with E-state index in [2.05, 4.69) is 20.9 Å². The van der Waals surface area contributed by atoms with Gasteiger partial charge in [0, 0.05) is 0 Å².